The van der Waals surface area contributed by atoms with Crippen molar-refractivity contribution >= 4 is 40.9 Å². The zero-order valence-electron chi connectivity index (χ0n) is 17.9. The van der Waals surface area contributed by atoms with Crippen LogP contribution >= 0.6 is 12.2 Å². The van der Waals surface area contributed by atoms with Crippen LogP contribution in [0.4, 0.5) is 5.69 Å². The number of nitrogens with zero attached hydrogens (tertiary/aromatic N) is 2. The monoisotopic (exact) mass is 425 g/mol. The number of thiocarbonyl (C=S) groups is 1. The molecule has 30 heavy (non-hydrogen) atoms. The molecular weight excluding hydrogens is 394 g/mol. The Kier molecular flexibility index (Phi) is 9.48. The molecule has 1 aromatic rings. The second-order valence-electron chi connectivity index (χ2n) is 7.19. The van der Waals surface area contributed by atoms with Gasteiger partial charge in [0, 0.05) is 25.3 Å². The molecule has 1 fully saturated rings. The van der Waals surface area contributed by atoms with Gasteiger partial charge in [0.1, 0.15) is 5.57 Å². The lowest BCUT2D eigenvalue weighted by atomic mass is 10.1. The summed E-state index contributed by atoms with van der Waals surface area (Å²) >= 11 is 5.05. The van der Waals surface area contributed by atoms with E-state index in [9.17, 15) is 9.59 Å². The standard InChI is InChI=1S/C24H31N3O2S/c1-4-7-17-26(18-8-5-2)20-14-12-19(13-15-20)10-9-11-21-22(28)25-24(30)27(16-6-3)23(21)29/h6,9-15H,3-5,7-8,16-18H2,1-2H3,(H,25,28,30)/b10-9-,21-11+. The molecule has 6 heteroatoms. The van der Waals surface area contributed by atoms with Crippen molar-refractivity contribution in [3.8, 4) is 0 Å². The van der Waals surface area contributed by atoms with Crippen molar-refractivity contribution in [3.05, 3.63) is 60.2 Å². The maximum Gasteiger partial charge on any atom is 0.265 e. The molecule has 0 unspecified atom stereocenters. The molecule has 1 N–H and O–H groups in total. The average molecular weight is 426 g/mol. The third-order valence-corrected chi connectivity index (χ3v) is 5.19. The van der Waals surface area contributed by atoms with Crippen LogP contribution in [0.5, 0.6) is 0 Å². The molecule has 1 saturated heterocycles. The van der Waals surface area contributed by atoms with Crippen LogP contribution in [0.2, 0.25) is 0 Å². The number of benzene rings is 1. The largest absolute Gasteiger partial charge is 0.372 e. The molecule has 1 aromatic carbocycles. The third-order valence-electron chi connectivity index (χ3n) is 4.87. The maximum atomic E-state index is 12.5. The second-order valence-corrected chi connectivity index (χ2v) is 7.58. The minimum absolute atomic E-state index is 0.0589. The molecule has 0 atom stereocenters. The van der Waals surface area contributed by atoms with Crippen LogP contribution < -0.4 is 10.2 Å². The summed E-state index contributed by atoms with van der Waals surface area (Å²) in [4.78, 5) is 28.4. The molecule has 0 bridgehead atoms. The van der Waals surface area contributed by atoms with Gasteiger partial charge < -0.3 is 4.90 Å². The molecule has 2 amide bonds. The Morgan fingerprint density at radius 1 is 1.10 bits per heavy atom. The number of carbonyl (C=O) groups is 2. The molecule has 1 aliphatic heterocycles. The van der Waals surface area contributed by atoms with E-state index in [4.69, 9.17) is 12.2 Å². The Morgan fingerprint density at radius 2 is 1.73 bits per heavy atom. The Morgan fingerprint density at radius 3 is 2.30 bits per heavy atom. The van der Waals surface area contributed by atoms with Crippen molar-refractivity contribution in [1.29, 1.82) is 0 Å². The molecule has 0 aromatic heterocycles. The quantitative estimate of drug-likeness (QED) is 0.246. The smallest absolute Gasteiger partial charge is 0.265 e. The molecule has 1 heterocycles. The first-order chi connectivity index (χ1) is 14.5. The van der Waals surface area contributed by atoms with Gasteiger partial charge in [0.15, 0.2) is 5.11 Å². The van der Waals surface area contributed by atoms with Crippen LogP contribution in [-0.2, 0) is 9.59 Å². The number of rotatable bonds is 11. The van der Waals surface area contributed by atoms with Gasteiger partial charge >= 0.3 is 0 Å². The molecule has 1 aliphatic rings. The van der Waals surface area contributed by atoms with E-state index in [2.05, 4.69) is 54.9 Å². The first-order valence-corrected chi connectivity index (χ1v) is 10.9. The van der Waals surface area contributed by atoms with Crippen molar-refractivity contribution in [1.82, 2.24) is 10.2 Å². The zero-order valence-corrected chi connectivity index (χ0v) is 18.7. The number of carbonyl (C=O) groups excluding carboxylic acids is 2. The number of allylic oxidation sites excluding steroid dienone is 2. The molecular formula is C24H31N3O2S. The number of nitrogens with one attached hydrogen (secondary N) is 1. The Balaban J connectivity index is 2.10. The Bertz CT molecular complexity index is 819. The highest BCUT2D eigenvalue weighted by Gasteiger charge is 2.32. The fraction of sp³-hybridized carbons (Fsp3) is 0.375. The summed E-state index contributed by atoms with van der Waals surface area (Å²) in [6.45, 7) is 10.4. The van der Waals surface area contributed by atoms with E-state index >= 15 is 0 Å². The molecule has 2 rings (SSSR count). The van der Waals surface area contributed by atoms with Crippen LogP contribution in [0.25, 0.3) is 6.08 Å². The van der Waals surface area contributed by atoms with Gasteiger partial charge in [-0.2, -0.15) is 0 Å². The summed E-state index contributed by atoms with van der Waals surface area (Å²) in [6, 6.07) is 8.36. The van der Waals surface area contributed by atoms with Gasteiger partial charge in [-0.05, 0) is 48.8 Å². The summed E-state index contributed by atoms with van der Waals surface area (Å²) in [6.07, 6.45) is 11.4. The van der Waals surface area contributed by atoms with Crippen LogP contribution in [0.1, 0.15) is 45.1 Å². The van der Waals surface area contributed by atoms with E-state index in [1.807, 2.05) is 6.08 Å². The lowest BCUT2D eigenvalue weighted by Crippen LogP contribution is -2.53. The highest BCUT2D eigenvalue weighted by atomic mass is 32.1. The maximum absolute atomic E-state index is 12.5. The van der Waals surface area contributed by atoms with E-state index in [1.54, 1.807) is 12.2 Å². The Labute approximate surface area is 185 Å². The number of amides is 2. The predicted molar refractivity (Wildman–Crippen MR) is 128 cm³/mol. The Hall–Kier alpha value is -2.73. The normalized spacial score (nSPS) is 15.7. The average Bonchev–Trinajstić information content (AvgIpc) is 2.74. The molecule has 160 valence electrons. The van der Waals surface area contributed by atoms with Gasteiger partial charge in [-0.25, -0.2) is 0 Å². The van der Waals surface area contributed by atoms with Gasteiger partial charge in [0.2, 0.25) is 0 Å². The fourth-order valence-electron chi connectivity index (χ4n) is 3.13. The third kappa shape index (κ3) is 6.39. The van der Waals surface area contributed by atoms with Crippen LogP contribution in [0, 0.1) is 0 Å². The highest BCUT2D eigenvalue weighted by molar-refractivity contribution is 7.80. The van der Waals surface area contributed by atoms with Gasteiger partial charge in [-0.3, -0.25) is 19.8 Å². The number of anilines is 1. The second kappa shape index (κ2) is 12.1. The fourth-order valence-corrected chi connectivity index (χ4v) is 3.38. The first-order valence-electron chi connectivity index (χ1n) is 10.5. The van der Waals surface area contributed by atoms with Crippen molar-refractivity contribution in [2.45, 2.75) is 39.5 Å². The van der Waals surface area contributed by atoms with Crippen molar-refractivity contribution in [2.24, 2.45) is 0 Å². The van der Waals surface area contributed by atoms with Crippen LogP contribution in [-0.4, -0.2) is 41.5 Å². The van der Waals surface area contributed by atoms with Crippen molar-refractivity contribution in [3.63, 3.8) is 0 Å². The first kappa shape index (κ1) is 23.5. The number of hydrogen-bond donors (Lipinski definition) is 1. The zero-order chi connectivity index (χ0) is 21.9. The summed E-state index contributed by atoms with van der Waals surface area (Å²) < 4.78 is 0. The topological polar surface area (TPSA) is 52.7 Å². The van der Waals surface area contributed by atoms with Gasteiger partial charge in [0.25, 0.3) is 11.8 Å². The van der Waals surface area contributed by atoms with Crippen LogP contribution in [0.3, 0.4) is 0 Å². The summed E-state index contributed by atoms with van der Waals surface area (Å²) in [7, 11) is 0. The van der Waals surface area contributed by atoms with Crippen LogP contribution in [0.15, 0.2) is 54.6 Å². The van der Waals surface area contributed by atoms with E-state index in [1.165, 1.54) is 42.3 Å². The molecule has 0 spiro atoms. The SMILES string of the molecule is C=CCN1C(=O)/C(=C/C=C\c2ccc(N(CCCC)CCCC)cc2)C(=O)NC1=S. The predicted octanol–water partition coefficient (Wildman–Crippen LogP) is 4.46. The highest BCUT2D eigenvalue weighted by Crippen LogP contribution is 2.18. The molecule has 0 saturated carbocycles. The molecule has 5 nitrogen and oxygen atoms in total. The minimum Gasteiger partial charge on any atom is -0.372 e. The number of unbranched alkanes of at least 4 members (excludes halogenated alkanes) is 2. The minimum atomic E-state index is -0.479. The summed E-state index contributed by atoms with van der Waals surface area (Å²) in [5, 5.41) is 2.65. The van der Waals surface area contributed by atoms with Gasteiger partial charge in [0.05, 0.1) is 0 Å². The van der Waals surface area contributed by atoms with E-state index < -0.39 is 11.8 Å². The summed E-state index contributed by atoms with van der Waals surface area (Å²) in [5.41, 5.74) is 2.29. The lowest BCUT2D eigenvalue weighted by molar-refractivity contribution is -0.128. The van der Waals surface area contributed by atoms with E-state index in [0.717, 1.165) is 18.7 Å². The molecule has 0 radical (unpaired) electrons. The summed E-state index contributed by atoms with van der Waals surface area (Å²) in [5.74, 6) is -0.890. The van der Waals surface area contributed by atoms with Gasteiger partial charge in [-0.15, -0.1) is 6.58 Å². The van der Waals surface area contributed by atoms with Crippen molar-refractivity contribution < 1.29 is 9.59 Å². The van der Waals surface area contributed by atoms with Gasteiger partial charge in [-0.1, -0.05) is 57.0 Å². The number of hydrogen-bond acceptors (Lipinski definition) is 4. The lowest BCUT2D eigenvalue weighted by Gasteiger charge is -2.27. The molecule has 0 aliphatic carbocycles. The van der Waals surface area contributed by atoms with E-state index in [-0.39, 0.29) is 17.2 Å². The van der Waals surface area contributed by atoms with E-state index in [0.29, 0.717) is 0 Å². The van der Waals surface area contributed by atoms with Crippen molar-refractivity contribution in [2.75, 3.05) is 24.5 Å².